The number of amides is 2. The molecule has 0 heterocycles. The maximum Gasteiger partial charge on any atom is 0.251 e. The average Bonchev–Trinajstić information content (AvgIpc) is 2.52. The zero-order valence-electron chi connectivity index (χ0n) is 12.7. The standard InChI is InChI=1S/C17H16Cl2N2O2/c1-10-4-3-5-15(11(10)2)21-16(22)9-20-17(23)12-6-7-13(18)14(19)8-12/h3-8H,9H2,1-2H3,(H,20,23)(H,21,22). The lowest BCUT2D eigenvalue weighted by atomic mass is 10.1. The van der Waals surface area contributed by atoms with Crippen LogP contribution < -0.4 is 10.6 Å². The molecule has 120 valence electrons. The molecule has 0 fully saturated rings. The molecule has 4 nitrogen and oxygen atoms in total. The smallest absolute Gasteiger partial charge is 0.251 e. The van der Waals surface area contributed by atoms with Crippen molar-refractivity contribution in [3.63, 3.8) is 0 Å². The number of rotatable bonds is 4. The Morgan fingerprint density at radius 3 is 2.48 bits per heavy atom. The molecule has 2 aromatic carbocycles. The summed E-state index contributed by atoms with van der Waals surface area (Å²) < 4.78 is 0. The van der Waals surface area contributed by atoms with E-state index in [0.717, 1.165) is 16.8 Å². The second-order valence-electron chi connectivity index (χ2n) is 5.11. The summed E-state index contributed by atoms with van der Waals surface area (Å²) in [6, 6.07) is 10.2. The minimum atomic E-state index is -0.389. The lowest BCUT2D eigenvalue weighted by Crippen LogP contribution is -2.33. The first-order chi connectivity index (χ1) is 10.9. The van der Waals surface area contributed by atoms with Gasteiger partial charge in [0, 0.05) is 11.3 Å². The summed E-state index contributed by atoms with van der Waals surface area (Å²) in [4.78, 5) is 24.0. The first kappa shape index (κ1) is 17.3. The molecule has 0 spiro atoms. The van der Waals surface area contributed by atoms with Gasteiger partial charge >= 0.3 is 0 Å². The van der Waals surface area contributed by atoms with Crippen molar-refractivity contribution in [1.82, 2.24) is 5.32 Å². The van der Waals surface area contributed by atoms with E-state index in [1.807, 2.05) is 32.0 Å². The van der Waals surface area contributed by atoms with Gasteiger partial charge in [-0.2, -0.15) is 0 Å². The van der Waals surface area contributed by atoms with Crippen molar-refractivity contribution in [2.24, 2.45) is 0 Å². The summed E-state index contributed by atoms with van der Waals surface area (Å²) in [6.45, 7) is 3.77. The van der Waals surface area contributed by atoms with Gasteiger partial charge in [0.1, 0.15) is 0 Å². The van der Waals surface area contributed by atoms with Crippen molar-refractivity contribution in [1.29, 1.82) is 0 Å². The van der Waals surface area contributed by atoms with Crippen LogP contribution in [0.15, 0.2) is 36.4 Å². The Balaban J connectivity index is 1.94. The van der Waals surface area contributed by atoms with Crippen molar-refractivity contribution in [2.75, 3.05) is 11.9 Å². The predicted octanol–water partition coefficient (Wildman–Crippen LogP) is 3.98. The van der Waals surface area contributed by atoms with Crippen molar-refractivity contribution in [2.45, 2.75) is 13.8 Å². The second kappa shape index (κ2) is 7.49. The molecular formula is C17H16Cl2N2O2. The topological polar surface area (TPSA) is 58.2 Å². The van der Waals surface area contributed by atoms with Crippen LogP contribution in [-0.2, 0) is 4.79 Å². The van der Waals surface area contributed by atoms with E-state index in [1.165, 1.54) is 12.1 Å². The highest BCUT2D eigenvalue weighted by molar-refractivity contribution is 6.42. The average molecular weight is 351 g/mol. The maximum absolute atomic E-state index is 12.0. The molecule has 0 aliphatic carbocycles. The molecule has 0 bridgehead atoms. The van der Waals surface area contributed by atoms with Gasteiger partial charge in [-0.25, -0.2) is 0 Å². The number of anilines is 1. The predicted molar refractivity (Wildman–Crippen MR) is 93.3 cm³/mol. The number of carbonyl (C=O) groups excluding carboxylic acids is 2. The Labute approximate surface area is 144 Å². The highest BCUT2D eigenvalue weighted by Crippen LogP contribution is 2.22. The fourth-order valence-electron chi connectivity index (χ4n) is 1.98. The summed E-state index contributed by atoms with van der Waals surface area (Å²) in [7, 11) is 0. The summed E-state index contributed by atoms with van der Waals surface area (Å²) >= 11 is 11.7. The molecule has 2 amide bonds. The molecule has 0 unspecified atom stereocenters. The van der Waals surface area contributed by atoms with Crippen LogP contribution in [0.25, 0.3) is 0 Å². The van der Waals surface area contributed by atoms with E-state index in [2.05, 4.69) is 10.6 Å². The number of aryl methyl sites for hydroxylation is 1. The van der Waals surface area contributed by atoms with E-state index in [0.29, 0.717) is 15.6 Å². The highest BCUT2D eigenvalue weighted by atomic mass is 35.5. The van der Waals surface area contributed by atoms with Crippen LogP contribution in [0.5, 0.6) is 0 Å². The Morgan fingerprint density at radius 1 is 1.04 bits per heavy atom. The summed E-state index contributed by atoms with van der Waals surface area (Å²) in [5, 5.41) is 5.99. The van der Waals surface area contributed by atoms with E-state index in [-0.39, 0.29) is 18.4 Å². The van der Waals surface area contributed by atoms with Crippen molar-refractivity contribution < 1.29 is 9.59 Å². The van der Waals surface area contributed by atoms with E-state index in [1.54, 1.807) is 6.07 Å². The van der Waals surface area contributed by atoms with Crippen molar-refractivity contribution in [3.05, 3.63) is 63.1 Å². The zero-order chi connectivity index (χ0) is 17.0. The molecular weight excluding hydrogens is 335 g/mol. The molecule has 0 saturated carbocycles. The third-order valence-electron chi connectivity index (χ3n) is 3.47. The summed E-state index contributed by atoms with van der Waals surface area (Å²) in [5.41, 5.74) is 3.16. The van der Waals surface area contributed by atoms with E-state index in [9.17, 15) is 9.59 Å². The van der Waals surface area contributed by atoms with Crippen LogP contribution in [0.2, 0.25) is 10.0 Å². The van der Waals surface area contributed by atoms with E-state index >= 15 is 0 Å². The van der Waals surface area contributed by atoms with E-state index in [4.69, 9.17) is 23.2 Å². The Hall–Kier alpha value is -2.04. The molecule has 2 aromatic rings. The largest absolute Gasteiger partial charge is 0.343 e. The maximum atomic E-state index is 12.0. The van der Waals surface area contributed by atoms with Gasteiger partial charge < -0.3 is 10.6 Å². The Morgan fingerprint density at radius 2 is 1.78 bits per heavy atom. The van der Waals surface area contributed by atoms with Gasteiger partial charge in [0.15, 0.2) is 0 Å². The monoisotopic (exact) mass is 350 g/mol. The van der Waals surface area contributed by atoms with Crippen LogP contribution in [0.4, 0.5) is 5.69 Å². The molecule has 0 aliphatic heterocycles. The normalized spacial score (nSPS) is 10.3. The fourth-order valence-corrected chi connectivity index (χ4v) is 2.28. The first-order valence-electron chi connectivity index (χ1n) is 6.98. The van der Waals surface area contributed by atoms with Crippen molar-refractivity contribution >= 4 is 40.7 Å². The number of halogens is 2. The fraction of sp³-hybridized carbons (Fsp3) is 0.176. The summed E-state index contributed by atoms with van der Waals surface area (Å²) in [5.74, 6) is -0.688. The minimum absolute atomic E-state index is 0.132. The molecule has 0 radical (unpaired) electrons. The van der Waals surface area contributed by atoms with Crippen LogP contribution in [0.1, 0.15) is 21.5 Å². The molecule has 0 aliphatic rings. The number of carbonyl (C=O) groups is 2. The number of nitrogens with one attached hydrogen (secondary N) is 2. The van der Waals surface area contributed by atoms with Gasteiger partial charge in [-0.15, -0.1) is 0 Å². The quantitative estimate of drug-likeness (QED) is 0.875. The molecule has 0 aromatic heterocycles. The highest BCUT2D eigenvalue weighted by Gasteiger charge is 2.11. The third kappa shape index (κ3) is 4.47. The van der Waals surface area contributed by atoms with Crippen molar-refractivity contribution in [3.8, 4) is 0 Å². The zero-order valence-corrected chi connectivity index (χ0v) is 14.3. The number of benzene rings is 2. The second-order valence-corrected chi connectivity index (χ2v) is 5.92. The molecule has 2 rings (SSSR count). The van der Waals surface area contributed by atoms with Gasteiger partial charge in [0.25, 0.3) is 5.91 Å². The van der Waals surface area contributed by atoms with Gasteiger partial charge in [-0.05, 0) is 49.2 Å². The molecule has 0 atom stereocenters. The first-order valence-corrected chi connectivity index (χ1v) is 7.73. The molecule has 23 heavy (non-hydrogen) atoms. The molecule has 2 N–H and O–H groups in total. The minimum Gasteiger partial charge on any atom is -0.343 e. The van der Waals surface area contributed by atoms with Gasteiger partial charge in [0.05, 0.1) is 16.6 Å². The summed E-state index contributed by atoms with van der Waals surface area (Å²) in [6.07, 6.45) is 0. The van der Waals surface area contributed by atoms with Gasteiger partial charge in [-0.1, -0.05) is 35.3 Å². The van der Waals surface area contributed by atoms with Crippen LogP contribution in [0.3, 0.4) is 0 Å². The SMILES string of the molecule is Cc1cccc(NC(=O)CNC(=O)c2ccc(Cl)c(Cl)c2)c1C. The van der Waals surface area contributed by atoms with Gasteiger partial charge in [0.2, 0.25) is 5.91 Å². The lowest BCUT2D eigenvalue weighted by molar-refractivity contribution is -0.115. The van der Waals surface area contributed by atoms with Crippen LogP contribution in [0, 0.1) is 13.8 Å². The molecule has 0 saturated heterocycles. The van der Waals surface area contributed by atoms with Crippen LogP contribution in [-0.4, -0.2) is 18.4 Å². The molecule has 6 heteroatoms. The number of hydrogen-bond acceptors (Lipinski definition) is 2. The lowest BCUT2D eigenvalue weighted by Gasteiger charge is -2.11. The Kier molecular flexibility index (Phi) is 5.64. The number of hydrogen-bond donors (Lipinski definition) is 2. The van der Waals surface area contributed by atoms with Crippen LogP contribution >= 0.6 is 23.2 Å². The third-order valence-corrected chi connectivity index (χ3v) is 4.21. The Bertz CT molecular complexity index is 760. The van der Waals surface area contributed by atoms with E-state index < -0.39 is 0 Å². The van der Waals surface area contributed by atoms with Gasteiger partial charge in [-0.3, -0.25) is 9.59 Å².